The highest BCUT2D eigenvalue weighted by Crippen LogP contribution is 2.31. The Hall–Kier alpha value is -2.34. The maximum atomic E-state index is 5.96. The second-order valence-electron chi connectivity index (χ2n) is 4.03. The molecule has 1 aromatic carbocycles. The van der Waals surface area contributed by atoms with Crippen molar-refractivity contribution in [3.05, 3.63) is 35.6 Å². The third-order valence-corrected chi connectivity index (χ3v) is 3.00. The van der Waals surface area contributed by atoms with Gasteiger partial charge in [0.1, 0.15) is 0 Å². The van der Waals surface area contributed by atoms with Gasteiger partial charge in [-0.3, -0.25) is 4.68 Å². The number of aromatic nitrogens is 4. The number of para-hydroxylation sites is 1. The standard InChI is InChI=1S/C12H10ClN5O/c1-18-6-7(5-15-18)11-16-12(19-17-11)8-3-2-4-9(13)10(8)14/h2-6H,14H2,1H3. The molecule has 0 saturated carbocycles. The molecule has 0 amide bonds. The Morgan fingerprint density at radius 1 is 1.37 bits per heavy atom. The van der Waals surface area contributed by atoms with E-state index in [0.717, 1.165) is 5.56 Å². The first kappa shape index (κ1) is 11.7. The van der Waals surface area contributed by atoms with Crippen molar-refractivity contribution in [3.8, 4) is 22.8 Å². The molecule has 0 spiro atoms. The van der Waals surface area contributed by atoms with Gasteiger partial charge in [-0.25, -0.2) is 0 Å². The summed E-state index contributed by atoms with van der Waals surface area (Å²) in [6, 6.07) is 5.27. The summed E-state index contributed by atoms with van der Waals surface area (Å²) in [5.41, 5.74) is 7.71. The molecule has 0 aliphatic carbocycles. The fourth-order valence-corrected chi connectivity index (χ4v) is 1.88. The Morgan fingerprint density at radius 2 is 2.21 bits per heavy atom. The van der Waals surface area contributed by atoms with Gasteiger partial charge in [0, 0.05) is 13.2 Å². The number of nitrogens with zero attached hydrogens (tertiary/aromatic N) is 4. The lowest BCUT2D eigenvalue weighted by molar-refractivity contribution is 0.432. The van der Waals surface area contributed by atoms with Crippen LogP contribution < -0.4 is 5.73 Å². The molecule has 3 aromatic rings. The third-order valence-electron chi connectivity index (χ3n) is 2.67. The van der Waals surface area contributed by atoms with Gasteiger partial charge in [-0.1, -0.05) is 22.8 Å². The zero-order chi connectivity index (χ0) is 13.4. The van der Waals surface area contributed by atoms with Crippen molar-refractivity contribution in [2.24, 2.45) is 7.05 Å². The van der Waals surface area contributed by atoms with Crippen LogP contribution in [0.4, 0.5) is 5.69 Å². The van der Waals surface area contributed by atoms with Gasteiger partial charge in [-0.15, -0.1) is 0 Å². The molecule has 2 N–H and O–H groups in total. The van der Waals surface area contributed by atoms with Gasteiger partial charge in [-0.05, 0) is 12.1 Å². The summed E-state index contributed by atoms with van der Waals surface area (Å²) in [5, 5.41) is 8.42. The van der Waals surface area contributed by atoms with Crippen LogP contribution in [0, 0.1) is 0 Å². The number of hydrogen-bond donors (Lipinski definition) is 1. The van der Waals surface area contributed by atoms with Crippen LogP contribution in [0.2, 0.25) is 5.02 Å². The highest BCUT2D eigenvalue weighted by Gasteiger charge is 2.15. The first-order valence-corrected chi connectivity index (χ1v) is 5.90. The highest BCUT2D eigenvalue weighted by molar-refractivity contribution is 6.33. The first-order chi connectivity index (χ1) is 9.15. The predicted molar refractivity (Wildman–Crippen MR) is 71.4 cm³/mol. The SMILES string of the molecule is Cn1cc(-c2noc(-c3cccc(Cl)c3N)n2)cn1. The fraction of sp³-hybridized carbons (Fsp3) is 0.0833. The molecule has 0 aliphatic heterocycles. The molecule has 7 heteroatoms. The molecule has 0 saturated heterocycles. The Balaban J connectivity index is 2.04. The van der Waals surface area contributed by atoms with Crippen LogP contribution in [-0.4, -0.2) is 19.9 Å². The number of rotatable bonds is 2. The summed E-state index contributed by atoms with van der Waals surface area (Å²) >= 11 is 5.96. The maximum Gasteiger partial charge on any atom is 0.260 e. The lowest BCUT2D eigenvalue weighted by Gasteiger charge is -2.01. The molecule has 2 heterocycles. The Kier molecular flexibility index (Phi) is 2.72. The molecular formula is C12H10ClN5O. The fourth-order valence-electron chi connectivity index (χ4n) is 1.71. The number of aryl methyl sites for hydroxylation is 1. The highest BCUT2D eigenvalue weighted by atomic mass is 35.5. The summed E-state index contributed by atoms with van der Waals surface area (Å²) in [4.78, 5) is 4.30. The van der Waals surface area contributed by atoms with Crippen LogP contribution in [0.15, 0.2) is 35.1 Å². The number of nitrogens with two attached hydrogens (primary N) is 1. The van der Waals surface area contributed by atoms with E-state index in [9.17, 15) is 0 Å². The van der Waals surface area contributed by atoms with E-state index >= 15 is 0 Å². The lowest BCUT2D eigenvalue weighted by Crippen LogP contribution is -1.91. The number of benzene rings is 1. The Labute approximate surface area is 113 Å². The molecule has 96 valence electrons. The van der Waals surface area contributed by atoms with Gasteiger partial charge in [-0.2, -0.15) is 10.1 Å². The van der Waals surface area contributed by atoms with Gasteiger partial charge in [0.15, 0.2) is 0 Å². The van der Waals surface area contributed by atoms with Crippen molar-refractivity contribution in [1.29, 1.82) is 0 Å². The minimum Gasteiger partial charge on any atom is -0.397 e. The van der Waals surface area contributed by atoms with Crippen LogP contribution in [0.25, 0.3) is 22.8 Å². The largest absolute Gasteiger partial charge is 0.397 e. The van der Waals surface area contributed by atoms with Gasteiger partial charge >= 0.3 is 0 Å². The van der Waals surface area contributed by atoms with Crippen molar-refractivity contribution in [3.63, 3.8) is 0 Å². The summed E-state index contributed by atoms with van der Waals surface area (Å²) in [5.74, 6) is 0.793. The van der Waals surface area contributed by atoms with Crippen molar-refractivity contribution in [2.75, 3.05) is 5.73 Å². The molecule has 0 aliphatic rings. The lowest BCUT2D eigenvalue weighted by atomic mass is 10.2. The van der Waals surface area contributed by atoms with Crippen molar-refractivity contribution in [1.82, 2.24) is 19.9 Å². The summed E-state index contributed by atoms with van der Waals surface area (Å²) in [7, 11) is 1.82. The number of halogens is 1. The zero-order valence-electron chi connectivity index (χ0n) is 10.0. The monoisotopic (exact) mass is 275 g/mol. The quantitative estimate of drug-likeness (QED) is 0.726. The van der Waals surface area contributed by atoms with E-state index in [0.29, 0.717) is 28.0 Å². The van der Waals surface area contributed by atoms with Crippen LogP contribution in [0.1, 0.15) is 0 Å². The molecule has 3 rings (SSSR count). The summed E-state index contributed by atoms with van der Waals surface area (Å²) < 4.78 is 6.88. The van der Waals surface area contributed by atoms with Gasteiger partial charge in [0.25, 0.3) is 5.89 Å². The molecule has 0 atom stereocenters. The average molecular weight is 276 g/mol. The number of hydrogen-bond acceptors (Lipinski definition) is 5. The summed E-state index contributed by atoms with van der Waals surface area (Å²) in [6.07, 6.45) is 3.46. The molecule has 0 radical (unpaired) electrons. The van der Waals surface area contributed by atoms with Crippen LogP contribution in [0.3, 0.4) is 0 Å². The second kappa shape index (κ2) is 4.40. The van der Waals surface area contributed by atoms with E-state index in [2.05, 4.69) is 15.2 Å². The minimum absolute atomic E-state index is 0.332. The molecule has 19 heavy (non-hydrogen) atoms. The Bertz CT molecular complexity index is 733. The smallest absolute Gasteiger partial charge is 0.260 e. The van der Waals surface area contributed by atoms with E-state index in [1.165, 1.54) is 0 Å². The normalized spacial score (nSPS) is 10.8. The topological polar surface area (TPSA) is 82.8 Å². The molecule has 0 fully saturated rings. The van der Waals surface area contributed by atoms with E-state index in [4.69, 9.17) is 21.9 Å². The molecular weight excluding hydrogens is 266 g/mol. The van der Waals surface area contributed by atoms with E-state index in [1.807, 2.05) is 7.05 Å². The Morgan fingerprint density at radius 3 is 2.95 bits per heavy atom. The minimum atomic E-state index is 0.332. The van der Waals surface area contributed by atoms with Gasteiger partial charge in [0.2, 0.25) is 5.82 Å². The average Bonchev–Trinajstić information content (AvgIpc) is 3.01. The number of anilines is 1. The van der Waals surface area contributed by atoms with Crippen molar-refractivity contribution < 1.29 is 4.52 Å². The number of nitrogen functional groups attached to an aromatic ring is 1. The van der Waals surface area contributed by atoms with Crippen LogP contribution in [-0.2, 0) is 7.05 Å². The third kappa shape index (κ3) is 2.06. The zero-order valence-corrected chi connectivity index (χ0v) is 10.8. The molecule has 0 bridgehead atoms. The predicted octanol–water partition coefficient (Wildman–Crippen LogP) is 2.37. The maximum absolute atomic E-state index is 5.96. The van der Waals surface area contributed by atoms with Crippen molar-refractivity contribution >= 4 is 17.3 Å². The molecule has 2 aromatic heterocycles. The van der Waals surface area contributed by atoms with Crippen molar-refractivity contribution in [2.45, 2.75) is 0 Å². The van der Waals surface area contributed by atoms with Crippen LogP contribution >= 0.6 is 11.6 Å². The van der Waals surface area contributed by atoms with E-state index < -0.39 is 0 Å². The van der Waals surface area contributed by atoms with E-state index in [-0.39, 0.29) is 0 Å². The first-order valence-electron chi connectivity index (χ1n) is 5.52. The van der Waals surface area contributed by atoms with E-state index in [1.54, 1.807) is 35.3 Å². The molecule has 0 unspecified atom stereocenters. The summed E-state index contributed by atoms with van der Waals surface area (Å²) in [6.45, 7) is 0. The van der Waals surface area contributed by atoms with Gasteiger partial charge < -0.3 is 10.3 Å². The molecule has 6 nitrogen and oxygen atoms in total. The second-order valence-corrected chi connectivity index (χ2v) is 4.43. The van der Waals surface area contributed by atoms with Crippen LogP contribution in [0.5, 0.6) is 0 Å². The van der Waals surface area contributed by atoms with Gasteiger partial charge in [0.05, 0.1) is 28.0 Å².